The molecule has 1 aromatic heterocycles. The molecule has 0 spiro atoms. The van der Waals surface area contributed by atoms with Crippen molar-refractivity contribution in [3.63, 3.8) is 0 Å². The number of esters is 4. The number of piperazine rings is 1. The Morgan fingerprint density at radius 1 is 0.878 bits per heavy atom. The number of fused-ring (bicyclic) bond motifs is 1. The van der Waals surface area contributed by atoms with Gasteiger partial charge in [0.15, 0.2) is 12.2 Å². The first-order chi connectivity index (χ1) is 23.1. The average molecular weight is 691 g/mol. The minimum atomic E-state index is -1.67. The average Bonchev–Trinajstić information content (AvgIpc) is 3.02. The number of benzene rings is 1. The zero-order valence-electron chi connectivity index (χ0n) is 28.0. The lowest BCUT2D eigenvalue weighted by molar-refractivity contribution is -0.270. The lowest BCUT2D eigenvalue weighted by Gasteiger charge is -2.44. The molecule has 0 saturated carbocycles. The summed E-state index contributed by atoms with van der Waals surface area (Å²) in [4.78, 5) is 90.7. The van der Waals surface area contributed by atoms with E-state index in [0.717, 1.165) is 33.8 Å². The van der Waals surface area contributed by atoms with E-state index in [1.807, 2.05) is 0 Å². The normalized spacial score (nSPS) is 22.2. The molecule has 2 aromatic rings. The number of anilines is 1. The number of aryl methyl sites for hydroxylation is 1. The number of nitrogens with one attached hydrogen (secondary N) is 1. The fourth-order valence-corrected chi connectivity index (χ4v) is 5.88. The van der Waals surface area contributed by atoms with E-state index < -0.39 is 83.8 Å². The fraction of sp³-hybridized carbons (Fsp3) is 0.531. The van der Waals surface area contributed by atoms with Crippen LogP contribution in [0.2, 0.25) is 0 Å². The SMILES string of the molecule is CCn1cc(C(=O)N[C@H]2C(OC(C)=O)[C@@H](OC(C)=O)C(COC(C)=O)O[C@H]2OC(C)=O)c(=O)c2cc(F)c(N3CCN(C(C)=O)CC3)cc21. The van der Waals surface area contributed by atoms with Crippen LogP contribution >= 0.6 is 0 Å². The standard InChI is InChI=1S/C32H39FN4O12/c1-7-35-14-22(28(43)21-12-23(33)25(13-24(21)35)37-10-8-36(9-11-37)16(2)38)31(44)34-27-30(47-19(5)41)29(46-18(4)40)26(15-45-17(3)39)49-32(27)48-20(6)42/h12-14,26-27,29-30,32H,7-11,15H2,1-6H3,(H,34,44)/t26?,27-,29-,30?,32+/m0/s1. The second-order valence-corrected chi connectivity index (χ2v) is 11.6. The van der Waals surface area contributed by atoms with Gasteiger partial charge in [-0.05, 0) is 19.1 Å². The van der Waals surface area contributed by atoms with Crippen molar-refractivity contribution < 1.29 is 56.8 Å². The zero-order chi connectivity index (χ0) is 36.2. The number of amides is 2. The Morgan fingerprint density at radius 3 is 2.04 bits per heavy atom. The summed E-state index contributed by atoms with van der Waals surface area (Å²) in [5.74, 6) is -5.09. The van der Waals surface area contributed by atoms with Crippen molar-refractivity contribution in [1.29, 1.82) is 0 Å². The molecule has 1 aromatic carbocycles. The molecule has 5 atom stereocenters. The molecule has 17 heteroatoms. The minimum Gasteiger partial charge on any atom is -0.463 e. The van der Waals surface area contributed by atoms with Crippen LogP contribution in [0, 0.1) is 5.82 Å². The number of rotatable bonds is 9. The molecule has 2 unspecified atom stereocenters. The van der Waals surface area contributed by atoms with Crippen molar-refractivity contribution in [3.8, 4) is 0 Å². The number of halogens is 1. The van der Waals surface area contributed by atoms with Gasteiger partial charge >= 0.3 is 23.9 Å². The Hall–Kier alpha value is -5.06. The number of carbonyl (C=O) groups excluding carboxylic acids is 6. The first kappa shape index (κ1) is 36.8. The van der Waals surface area contributed by atoms with Crippen LogP contribution in [-0.4, -0.2) is 109 Å². The first-order valence-corrected chi connectivity index (χ1v) is 15.6. The summed E-state index contributed by atoms with van der Waals surface area (Å²) < 4.78 is 44.1. The van der Waals surface area contributed by atoms with E-state index in [4.69, 9.17) is 23.7 Å². The Bertz CT molecular complexity index is 1700. The van der Waals surface area contributed by atoms with Gasteiger partial charge in [0.1, 0.15) is 30.1 Å². The molecule has 2 fully saturated rings. The fourth-order valence-electron chi connectivity index (χ4n) is 5.88. The van der Waals surface area contributed by atoms with Crippen LogP contribution in [-0.2, 0) is 54.2 Å². The third-order valence-electron chi connectivity index (χ3n) is 8.08. The quantitative estimate of drug-likeness (QED) is 0.285. The Kier molecular flexibility index (Phi) is 11.6. The second-order valence-electron chi connectivity index (χ2n) is 11.6. The van der Waals surface area contributed by atoms with E-state index in [0.29, 0.717) is 31.7 Å². The summed E-state index contributed by atoms with van der Waals surface area (Å²) in [5, 5.41) is 2.43. The third kappa shape index (κ3) is 8.51. The third-order valence-corrected chi connectivity index (χ3v) is 8.08. The van der Waals surface area contributed by atoms with E-state index in [1.54, 1.807) is 21.3 Å². The molecule has 0 aliphatic carbocycles. The highest BCUT2D eigenvalue weighted by Crippen LogP contribution is 2.29. The van der Waals surface area contributed by atoms with Gasteiger partial charge < -0.3 is 43.4 Å². The summed E-state index contributed by atoms with van der Waals surface area (Å²) in [6, 6.07) is 1.03. The van der Waals surface area contributed by atoms with E-state index in [-0.39, 0.29) is 23.5 Å². The van der Waals surface area contributed by atoms with Crippen LogP contribution in [0.5, 0.6) is 0 Å². The highest BCUT2D eigenvalue weighted by molar-refractivity contribution is 5.98. The van der Waals surface area contributed by atoms with Crippen LogP contribution in [0.3, 0.4) is 0 Å². The van der Waals surface area contributed by atoms with Crippen LogP contribution in [0.25, 0.3) is 10.9 Å². The molecule has 2 amide bonds. The summed E-state index contributed by atoms with van der Waals surface area (Å²) in [7, 11) is 0. The van der Waals surface area contributed by atoms with Crippen LogP contribution < -0.4 is 15.6 Å². The number of ether oxygens (including phenoxy) is 5. The van der Waals surface area contributed by atoms with Gasteiger partial charge in [0.2, 0.25) is 17.6 Å². The summed E-state index contributed by atoms with van der Waals surface area (Å²) in [5.41, 5.74) is -0.652. The summed E-state index contributed by atoms with van der Waals surface area (Å²) >= 11 is 0. The van der Waals surface area contributed by atoms with Gasteiger partial charge in [-0.2, -0.15) is 0 Å². The van der Waals surface area contributed by atoms with Crippen LogP contribution in [0.15, 0.2) is 23.1 Å². The number of nitrogens with zero attached hydrogens (tertiary/aromatic N) is 3. The Labute approximate surface area is 280 Å². The summed E-state index contributed by atoms with van der Waals surface area (Å²) in [6.07, 6.45) is -4.72. The largest absolute Gasteiger partial charge is 0.463 e. The molecule has 266 valence electrons. The predicted molar refractivity (Wildman–Crippen MR) is 168 cm³/mol. The highest BCUT2D eigenvalue weighted by Gasteiger charge is 2.52. The molecule has 2 aliphatic heterocycles. The van der Waals surface area contributed by atoms with Crippen molar-refractivity contribution in [2.75, 3.05) is 37.7 Å². The van der Waals surface area contributed by atoms with Gasteiger partial charge in [-0.3, -0.25) is 33.6 Å². The van der Waals surface area contributed by atoms with Crippen molar-refractivity contribution in [3.05, 3.63) is 39.9 Å². The second kappa shape index (κ2) is 15.4. The highest BCUT2D eigenvalue weighted by atomic mass is 19.1. The van der Waals surface area contributed by atoms with Gasteiger partial charge in [-0.25, -0.2) is 4.39 Å². The number of aromatic nitrogens is 1. The minimum absolute atomic E-state index is 0.0777. The smallest absolute Gasteiger partial charge is 0.305 e. The molecular weight excluding hydrogens is 651 g/mol. The molecular formula is C32H39FN4O12. The van der Waals surface area contributed by atoms with Gasteiger partial charge in [0.05, 0.1) is 11.2 Å². The molecule has 2 aliphatic rings. The van der Waals surface area contributed by atoms with Crippen LogP contribution in [0.4, 0.5) is 10.1 Å². The monoisotopic (exact) mass is 690 g/mol. The number of carbonyl (C=O) groups is 6. The van der Waals surface area contributed by atoms with Crippen molar-refractivity contribution in [2.24, 2.45) is 0 Å². The lowest BCUT2D eigenvalue weighted by atomic mass is 9.95. The molecule has 16 nitrogen and oxygen atoms in total. The van der Waals surface area contributed by atoms with E-state index in [9.17, 15) is 33.6 Å². The van der Waals surface area contributed by atoms with Gasteiger partial charge in [-0.15, -0.1) is 0 Å². The maximum absolute atomic E-state index is 15.6. The zero-order valence-corrected chi connectivity index (χ0v) is 28.0. The van der Waals surface area contributed by atoms with Crippen LogP contribution in [0.1, 0.15) is 51.9 Å². The van der Waals surface area contributed by atoms with E-state index in [1.165, 1.54) is 19.2 Å². The molecule has 0 radical (unpaired) electrons. The molecule has 1 N–H and O–H groups in total. The molecule has 4 rings (SSSR count). The van der Waals surface area contributed by atoms with Crippen molar-refractivity contribution >= 4 is 52.3 Å². The first-order valence-electron chi connectivity index (χ1n) is 15.6. The van der Waals surface area contributed by atoms with Crippen molar-refractivity contribution in [2.45, 2.75) is 78.7 Å². The molecule has 0 bridgehead atoms. The Balaban J connectivity index is 1.73. The maximum atomic E-state index is 15.6. The number of pyridine rings is 1. The topological polar surface area (TPSA) is 189 Å². The maximum Gasteiger partial charge on any atom is 0.305 e. The Morgan fingerprint density at radius 2 is 1.49 bits per heavy atom. The van der Waals surface area contributed by atoms with Gasteiger partial charge in [0.25, 0.3) is 5.91 Å². The lowest BCUT2D eigenvalue weighted by Crippen LogP contribution is -2.67. The number of hydrogen-bond acceptors (Lipinski definition) is 13. The van der Waals surface area contributed by atoms with E-state index >= 15 is 4.39 Å². The van der Waals surface area contributed by atoms with Gasteiger partial charge in [0, 0.05) is 78.9 Å². The van der Waals surface area contributed by atoms with E-state index in [2.05, 4.69) is 5.32 Å². The van der Waals surface area contributed by atoms with Gasteiger partial charge in [-0.1, -0.05) is 0 Å². The molecule has 3 heterocycles. The van der Waals surface area contributed by atoms with Crippen molar-refractivity contribution in [1.82, 2.24) is 14.8 Å². The molecule has 2 saturated heterocycles. The predicted octanol–water partition coefficient (Wildman–Crippen LogP) is 0.642. The molecule has 49 heavy (non-hydrogen) atoms. The number of hydrogen-bond donors (Lipinski definition) is 1. The summed E-state index contributed by atoms with van der Waals surface area (Å²) in [6.45, 7) is 8.86.